The van der Waals surface area contributed by atoms with E-state index in [-0.39, 0.29) is 18.0 Å². The molecule has 96 valence electrons. The van der Waals surface area contributed by atoms with Gasteiger partial charge in [0.1, 0.15) is 0 Å². The van der Waals surface area contributed by atoms with Crippen molar-refractivity contribution in [3.8, 4) is 6.07 Å². The van der Waals surface area contributed by atoms with Crippen LogP contribution in [0.4, 0.5) is 0 Å². The zero-order valence-electron chi connectivity index (χ0n) is 11.1. The van der Waals surface area contributed by atoms with Crippen molar-refractivity contribution in [1.82, 2.24) is 4.90 Å². The molecule has 1 aliphatic rings. The number of nitrogens with zero attached hydrogens (tertiary/aromatic N) is 2. The van der Waals surface area contributed by atoms with Crippen molar-refractivity contribution in [2.24, 2.45) is 11.1 Å². The number of hydrogen-bond donors (Lipinski definition) is 1. The van der Waals surface area contributed by atoms with E-state index in [2.05, 4.69) is 6.07 Å². The van der Waals surface area contributed by atoms with Gasteiger partial charge in [-0.05, 0) is 33.6 Å². The first kappa shape index (κ1) is 14.0. The molecule has 0 heterocycles. The maximum atomic E-state index is 12.6. The number of amides is 1. The minimum Gasteiger partial charge on any atom is -0.339 e. The van der Waals surface area contributed by atoms with Crippen LogP contribution in [0, 0.1) is 16.7 Å². The number of nitriles is 1. The fraction of sp³-hybridized carbons (Fsp3) is 0.846. The quantitative estimate of drug-likeness (QED) is 0.808. The van der Waals surface area contributed by atoms with E-state index in [0.29, 0.717) is 13.0 Å². The Labute approximate surface area is 104 Å². The summed E-state index contributed by atoms with van der Waals surface area (Å²) < 4.78 is 0. The lowest BCUT2D eigenvalue weighted by Crippen LogP contribution is -2.51. The van der Waals surface area contributed by atoms with Crippen LogP contribution in [0.25, 0.3) is 0 Å². The van der Waals surface area contributed by atoms with Crippen LogP contribution in [0.2, 0.25) is 0 Å². The van der Waals surface area contributed by atoms with Crippen LogP contribution < -0.4 is 5.73 Å². The third-order valence-electron chi connectivity index (χ3n) is 3.87. The van der Waals surface area contributed by atoms with E-state index in [1.54, 1.807) is 4.90 Å². The van der Waals surface area contributed by atoms with E-state index < -0.39 is 5.41 Å². The molecule has 1 fully saturated rings. The lowest BCUT2D eigenvalue weighted by atomic mass is 9.83. The number of carbonyl (C=O) groups excluding carboxylic acids is 1. The molecule has 1 saturated carbocycles. The summed E-state index contributed by atoms with van der Waals surface area (Å²) in [6.45, 7) is 6.45. The van der Waals surface area contributed by atoms with Gasteiger partial charge in [-0.15, -0.1) is 0 Å². The summed E-state index contributed by atoms with van der Waals surface area (Å²) >= 11 is 0. The highest BCUT2D eigenvalue weighted by Crippen LogP contribution is 2.38. The van der Waals surface area contributed by atoms with E-state index in [0.717, 1.165) is 19.3 Å². The van der Waals surface area contributed by atoms with E-state index in [9.17, 15) is 4.79 Å². The zero-order valence-corrected chi connectivity index (χ0v) is 11.1. The number of nitrogens with two attached hydrogens (primary N) is 1. The van der Waals surface area contributed by atoms with E-state index in [1.165, 1.54) is 0 Å². The summed E-state index contributed by atoms with van der Waals surface area (Å²) in [5.74, 6) is 0.118. The second kappa shape index (κ2) is 5.50. The molecule has 0 saturated heterocycles. The van der Waals surface area contributed by atoms with Gasteiger partial charge in [0.15, 0.2) is 0 Å². The first-order valence-corrected chi connectivity index (χ1v) is 6.37. The van der Waals surface area contributed by atoms with Crippen molar-refractivity contribution in [1.29, 1.82) is 5.26 Å². The lowest BCUT2D eigenvalue weighted by molar-refractivity contribution is -0.143. The molecule has 1 aliphatic carbocycles. The topological polar surface area (TPSA) is 70.1 Å². The molecule has 2 atom stereocenters. The van der Waals surface area contributed by atoms with Gasteiger partial charge in [0.2, 0.25) is 5.91 Å². The second-order valence-electron chi connectivity index (χ2n) is 5.42. The third kappa shape index (κ3) is 2.78. The molecule has 0 aromatic carbocycles. The van der Waals surface area contributed by atoms with Crippen LogP contribution in [0.1, 0.15) is 46.5 Å². The van der Waals surface area contributed by atoms with Crippen LogP contribution in [-0.4, -0.2) is 29.4 Å². The summed E-state index contributed by atoms with van der Waals surface area (Å²) in [6.07, 6.45) is 3.19. The van der Waals surface area contributed by atoms with Gasteiger partial charge in [0, 0.05) is 18.6 Å². The smallest absolute Gasteiger partial charge is 0.230 e. The van der Waals surface area contributed by atoms with Crippen LogP contribution in [0.15, 0.2) is 0 Å². The SMILES string of the molecule is CC(C)N(CCC#N)C(=O)C1(C)CCCC1N. The minimum atomic E-state index is -0.431. The predicted octanol–water partition coefficient (Wildman–Crippen LogP) is 1.65. The molecule has 0 aromatic rings. The summed E-state index contributed by atoms with van der Waals surface area (Å²) in [7, 11) is 0. The van der Waals surface area contributed by atoms with E-state index >= 15 is 0 Å². The van der Waals surface area contributed by atoms with Gasteiger partial charge >= 0.3 is 0 Å². The third-order valence-corrected chi connectivity index (χ3v) is 3.87. The van der Waals surface area contributed by atoms with Gasteiger partial charge in [-0.2, -0.15) is 5.26 Å². The number of hydrogen-bond acceptors (Lipinski definition) is 3. The number of rotatable bonds is 4. The molecule has 1 rings (SSSR count). The van der Waals surface area contributed by atoms with Crippen molar-refractivity contribution < 1.29 is 4.79 Å². The Morgan fingerprint density at radius 2 is 2.29 bits per heavy atom. The normalized spacial score (nSPS) is 28.1. The Morgan fingerprint density at radius 1 is 1.65 bits per heavy atom. The average molecular weight is 237 g/mol. The molecule has 0 spiro atoms. The molecule has 1 amide bonds. The Hall–Kier alpha value is -1.08. The molecule has 2 N–H and O–H groups in total. The van der Waals surface area contributed by atoms with Gasteiger partial charge in [0.05, 0.1) is 17.9 Å². The lowest BCUT2D eigenvalue weighted by Gasteiger charge is -2.36. The van der Waals surface area contributed by atoms with Crippen molar-refractivity contribution in [3.63, 3.8) is 0 Å². The Kier molecular flexibility index (Phi) is 4.53. The molecule has 0 aliphatic heterocycles. The van der Waals surface area contributed by atoms with Gasteiger partial charge in [0.25, 0.3) is 0 Å². The molecule has 0 radical (unpaired) electrons. The molecule has 17 heavy (non-hydrogen) atoms. The van der Waals surface area contributed by atoms with Gasteiger partial charge in [-0.25, -0.2) is 0 Å². The van der Waals surface area contributed by atoms with Crippen molar-refractivity contribution >= 4 is 5.91 Å². The monoisotopic (exact) mass is 237 g/mol. The molecular weight excluding hydrogens is 214 g/mol. The van der Waals surface area contributed by atoms with Gasteiger partial charge < -0.3 is 10.6 Å². The average Bonchev–Trinajstić information content (AvgIpc) is 2.60. The molecule has 4 nitrogen and oxygen atoms in total. The van der Waals surface area contributed by atoms with E-state index in [1.807, 2.05) is 20.8 Å². The predicted molar refractivity (Wildman–Crippen MR) is 67.0 cm³/mol. The van der Waals surface area contributed by atoms with Gasteiger partial charge in [-0.1, -0.05) is 6.42 Å². The minimum absolute atomic E-state index is 0.0432. The first-order chi connectivity index (χ1) is 7.93. The Balaban J connectivity index is 2.81. The fourth-order valence-corrected chi connectivity index (χ4v) is 2.55. The van der Waals surface area contributed by atoms with Gasteiger partial charge in [-0.3, -0.25) is 4.79 Å². The highest BCUT2D eigenvalue weighted by Gasteiger charge is 2.45. The molecule has 4 heteroatoms. The second-order valence-corrected chi connectivity index (χ2v) is 5.42. The first-order valence-electron chi connectivity index (χ1n) is 6.37. The van der Waals surface area contributed by atoms with Crippen LogP contribution in [0.5, 0.6) is 0 Å². The highest BCUT2D eigenvalue weighted by molar-refractivity contribution is 5.83. The summed E-state index contributed by atoms with van der Waals surface area (Å²) in [5.41, 5.74) is 5.64. The maximum absolute atomic E-state index is 12.6. The molecular formula is C13H23N3O. The fourth-order valence-electron chi connectivity index (χ4n) is 2.55. The standard InChI is InChI=1S/C13H23N3O/c1-10(2)16(9-5-8-14)12(17)13(3)7-4-6-11(13)15/h10-11H,4-7,9,15H2,1-3H3. The van der Waals surface area contributed by atoms with Crippen molar-refractivity contribution in [2.75, 3.05) is 6.54 Å². The van der Waals surface area contributed by atoms with Crippen LogP contribution >= 0.6 is 0 Å². The van der Waals surface area contributed by atoms with Crippen LogP contribution in [-0.2, 0) is 4.79 Å². The highest BCUT2D eigenvalue weighted by atomic mass is 16.2. The Bertz CT molecular complexity index is 321. The van der Waals surface area contributed by atoms with Crippen molar-refractivity contribution in [3.05, 3.63) is 0 Å². The summed E-state index contributed by atoms with van der Waals surface area (Å²) in [5, 5.41) is 8.65. The molecule has 2 unspecified atom stereocenters. The van der Waals surface area contributed by atoms with E-state index in [4.69, 9.17) is 11.0 Å². The summed E-state index contributed by atoms with van der Waals surface area (Å²) in [4.78, 5) is 14.4. The maximum Gasteiger partial charge on any atom is 0.230 e. The van der Waals surface area contributed by atoms with Crippen LogP contribution in [0.3, 0.4) is 0 Å². The molecule has 0 aromatic heterocycles. The molecule has 0 bridgehead atoms. The Morgan fingerprint density at radius 3 is 2.71 bits per heavy atom. The van der Waals surface area contributed by atoms with Crippen molar-refractivity contribution in [2.45, 2.75) is 58.5 Å². The summed E-state index contributed by atoms with van der Waals surface area (Å²) in [6, 6.07) is 2.18. The number of carbonyl (C=O) groups is 1. The zero-order chi connectivity index (χ0) is 13.1. The largest absolute Gasteiger partial charge is 0.339 e.